The number of benzene rings is 1. The van der Waals surface area contributed by atoms with Gasteiger partial charge in [-0.1, -0.05) is 25.0 Å². The number of fused-ring (bicyclic) bond motifs is 1. The maximum absolute atomic E-state index is 12.4. The van der Waals surface area contributed by atoms with Gasteiger partial charge in [-0.3, -0.25) is 14.4 Å². The first kappa shape index (κ1) is 16.8. The van der Waals surface area contributed by atoms with Crippen molar-refractivity contribution in [2.45, 2.75) is 38.1 Å². The summed E-state index contributed by atoms with van der Waals surface area (Å²) in [5.74, 6) is -0.113. The Hall–Kier alpha value is -2.63. The molecule has 26 heavy (non-hydrogen) atoms. The molecule has 2 amide bonds. The number of carbonyl (C=O) groups is 2. The van der Waals surface area contributed by atoms with Crippen molar-refractivity contribution >= 4 is 22.8 Å². The highest BCUT2D eigenvalue weighted by atomic mass is 16.3. The van der Waals surface area contributed by atoms with E-state index in [1.54, 1.807) is 24.3 Å². The van der Waals surface area contributed by atoms with Crippen LogP contribution in [0, 0.1) is 5.92 Å². The summed E-state index contributed by atoms with van der Waals surface area (Å²) in [5, 5.41) is 3.27. The van der Waals surface area contributed by atoms with Crippen LogP contribution in [-0.2, 0) is 4.79 Å². The largest absolute Gasteiger partial charge is 0.451 e. The third-order valence-electron chi connectivity index (χ3n) is 5.41. The molecule has 0 bridgehead atoms. The number of likely N-dealkylation sites (tertiary alicyclic amines) is 1. The second-order valence-electron chi connectivity index (χ2n) is 7.24. The molecule has 1 aliphatic carbocycles. The normalized spacial score (nSPS) is 20.8. The molecule has 1 saturated heterocycles. The van der Waals surface area contributed by atoms with Gasteiger partial charge in [0.1, 0.15) is 5.58 Å². The Morgan fingerprint density at radius 1 is 1.19 bits per heavy atom. The van der Waals surface area contributed by atoms with E-state index in [1.165, 1.54) is 18.9 Å². The summed E-state index contributed by atoms with van der Waals surface area (Å²) in [6.07, 6.45) is 5.03. The minimum Gasteiger partial charge on any atom is -0.451 e. The smallest absolute Gasteiger partial charge is 0.287 e. The van der Waals surface area contributed by atoms with E-state index in [0.29, 0.717) is 36.5 Å². The highest BCUT2D eigenvalue weighted by Gasteiger charge is 2.35. The lowest BCUT2D eigenvalue weighted by Crippen LogP contribution is -2.36. The summed E-state index contributed by atoms with van der Waals surface area (Å²) in [6, 6.07) is 8.46. The minimum atomic E-state index is -0.417. The molecule has 1 aromatic heterocycles. The van der Waals surface area contributed by atoms with Crippen LogP contribution >= 0.6 is 0 Å². The number of hydrogen-bond donors (Lipinski definition) is 1. The molecular weight excluding hydrogens is 332 g/mol. The van der Waals surface area contributed by atoms with Crippen molar-refractivity contribution in [3.05, 3.63) is 46.3 Å². The first-order valence-corrected chi connectivity index (χ1v) is 9.22. The summed E-state index contributed by atoms with van der Waals surface area (Å²) in [6.45, 7) is 1.11. The second-order valence-corrected chi connectivity index (χ2v) is 7.24. The van der Waals surface area contributed by atoms with Crippen LogP contribution < -0.4 is 10.7 Å². The van der Waals surface area contributed by atoms with E-state index in [9.17, 15) is 14.4 Å². The molecule has 0 radical (unpaired) electrons. The molecule has 1 aliphatic heterocycles. The van der Waals surface area contributed by atoms with Crippen LogP contribution in [0.5, 0.6) is 0 Å². The Balaban J connectivity index is 1.40. The fraction of sp³-hybridized carbons (Fsp3) is 0.450. The molecule has 1 N–H and O–H groups in total. The van der Waals surface area contributed by atoms with Gasteiger partial charge in [-0.15, -0.1) is 0 Å². The Kier molecular flexibility index (Phi) is 4.49. The number of rotatable bonds is 4. The van der Waals surface area contributed by atoms with Crippen LogP contribution in [0.25, 0.3) is 11.0 Å². The van der Waals surface area contributed by atoms with E-state index in [2.05, 4.69) is 5.32 Å². The van der Waals surface area contributed by atoms with E-state index in [4.69, 9.17) is 4.42 Å². The quantitative estimate of drug-likeness (QED) is 0.914. The van der Waals surface area contributed by atoms with Gasteiger partial charge >= 0.3 is 0 Å². The van der Waals surface area contributed by atoms with Gasteiger partial charge in [-0.2, -0.15) is 0 Å². The average Bonchev–Trinajstić information content (AvgIpc) is 3.29. The number of hydrogen-bond acceptors (Lipinski definition) is 4. The van der Waals surface area contributed by atoms with Crippen LogP contribution in [0.2, 0.25) is 0 Å². The van der Waals surface area contributed by atoms with Gasteiger partial charge in [-0.25, -0.2) is 0 Å². The van der Waals surface area contributed by atoms with Gasteiger partial charge in [0.25, 0.3) is 5.91 Å². The summed E-state index contributed by atoms with van der Waals surface area (Å²) < 4.78 is 5.55. The number of carbonyl (C=O) groups excluding carboxylic acids is 2. The van der Waals surface area contributed by atoms with Gasteiger partial charge in [0.2, 0.25) is 5.91 Å². The summed E-state index contributed by atoms with van der Waals surface area (Å²) in [7, 11) is 0. The molecule has 0 spiro atoms. The molecule has 0 unspecified atom stereocenters. The predicted molar refractivity (Wildman–Crippen MR) is 96.9 cm³/mol. The van der Waals surface area contributed by atoms with Gasteiger partial charge in [0, 0.05) is 37.5 Å². The fourth-order valence-corrected chi connectivity index (χ4v) is 4.05. The zero-order valence-electron chi connectivity index (χ0n) is 14.6. The van der Waals surface area contributed by atoms with Crippen LogP contribution in [0.15, 0.2) is 39.5 Å². The van der Waals surface area contributed by atoms with Crippen LogP contribution in [0.4, 0.5) is 0 Å². The lowest BCUT2D eigenvalue weighted by molar-refractivity contribution is -0.129. The van der Waals surface area contributed by atoms with Crippen molar-refractivity contribution in [3.8, 4) is 0 Å². The van der Waals surface area contributed by atoms with Gasteiger partial charge < -0.3 is 14.6 Å². The van der Waals surface area contributed by atoms with Crippen molar-refractivity contribution in [3.63, 3.8) is 0 Å². The van der Waals surface area contributed by atoms with Crippen LogP contribution in [-0.4, -0.2) is 35.8 Å². The van der Waals surface area contributed by atoms with Crippen LogP contribution in [0.3, 0.4) is 0 Å². The van der Waals surface area contributed by atoms with E-state index in [0.717, 1.165) is 12.8 Å². The van der Waals surface area contributed by atoms with Crippen molar-refractivity contribution < 1.29 is 14.0 Å². The summed E-state index contributed by atoms with van der Waals surface area (Å²) in [4.78, 5) is 38.7. The molecule has 2 heterocycles. The predicted octanol–water partition coefficient (Wildman–Crippen LogP) is 2.31. The number of amides is 2. The molecule has 4 rings (SSSR count). The fourth-order valence-electron chi connectivity index (χ4n) is 4.05. The summed E-state index contributed by atoms with van der Waals surface area (Å²) in [5.41, 5.74) is 0.161. The van der Waals surface area contributed by atoms with Crippen molar-refractivity contribution in [2.24, 2.45) is 5.92 Å². The third-order valence-corrected chi connectivity index (χ3v) is 5.41. The zero-order chi connectivity index (χ0) is 18.1. The minimum absolute atomic E-state index is 0.00525. The van der Waals surface area contributed by atoms with Crippen molar-refractivity contribution in [1.29, 1.82) is 0 Å². The van der Waals surface area contributed by atoms with Gasteiger partial charge in [-0.05, 0) is 25.0 Å². The van der Waals surface area contributed by atoms with E-state index in [-0.39, 0.29) is 23.0 Å². The lowest BCUT2D eigenvalue weighted by atomic mass is 10.1. The van der Waals surface area contributed by atoms with Crippen molar-refractivity contribution in [2.75, 3.05) is 13.1 Å². The Morgan fingerprint density at radius 3 is 2.77 bits per heavy atom. The molecule has 2 aromatic rings. The lowest BCUT2D eigenvalue weighted by Gasteiger charge is -2.24. The van der Waals surface area contributed by atoms with E-state index < -0.39 is 5.91 Å². The van der Waals surface area contributed by atoms with E-state index in [1.807, 2.05) is 4.90 Å². The third kappa shape index (κ3) is 3.23. The molecule has 1 aromatic carbocycles. The van der Waals surface area contributed by atoms with Gasteiger partial charge in [0.05, 0.1) is 5.39 Å². The molecule has 1 saturated carbocycles. The monoisotopic (exact) mass is 354 g/mol. The highest BCUT2D eigenvalue weighted by molar-refractivity contribution is 5.93. The molecule has 6 nitrogen and oxygen atoms in total. The Labute approximate surface area is 151 Å². The molecule has 136 valence electrons. The first-order valence-electron chi connectivity index (χ1n) is 9.22. The summed E-state index contributed by atoms with van der Waals surface area (Å²) >= 11 is 0. The molecular formula is C20H22N2O4. The number of nitrogens with zero attached hydrogens (tertiary/aromatic N) is 1. The topological polar surface area (TPSA) is 79.6 Å². The molecule has 2 fully saturated rings. The van der Waals surface area contributed by atoms with Crippen molar-refractivity contribution in [1.82, 2.24) is 10.2 Å². The Morgan fingerprint density at radius 2 is 1.96 bits per heavy atom. The van der Waals surface area contributed by atoms with Crippen LogP contribution in [0.1, 0.15) is 42.7 Å². The number of para-hydroxylation sites is 1. The standard InChI is InChI=1S/C20H22N2O4/c23-16-10-18(26-17-8-4-3-7-15(16)17)20(25)21-11-13-9-19(24)22(12-13)14-5-1-2-6-14/h3-4,7-8,10,13-14H,1-2,5-6,9,11-12H2,(H,21,25)/t13-/m1/s1. The SMILES string of the molecule is O=C(NC[C@H]1CC(=O)N(C2CCCC2)C1)c1cc(=O)c2ccccc2o1. The molecule has 6 heteroatoms. The second kappa shape index (κ2) is 6.94. The highest BCUT2D eigenvalue weighted by Crippen LogP contribution is 2.29. The number of nitrogens with one attached hydrogen (secondary N) is 1. The van der Waals surface area contributed by atoms with Gasteiger partial charge in [0.15, 0.2) is 11.2 Å². The molecule has 2 aliphatic rings. The first-order chi connectivity index (χ1) is 12.6. The Bertz CT molecular complexity index is 898. The average molecular weight is 354 g/mol. The maximum atomic E-state index is 12.4. The maximum Gasteiger partial charge on any atom is 0.287 e. The zero-order valence-corrected chi connectivity index (χ0v) is 14.6. The van der Waals surface area contributed by atoms with E-state index >= 15 is 0 Å². The molecule has 1 atom stereocenters.